The van der Waals surface area contributed by atoms with E-state index in [0.29, 0.717) is 25.1 Å². The highest BCUT2D eigenvalue weighted by atomic mass is 32.2. The summed E-state index contributed by atoms with van der Waals surface area (Å²) in [6, 6.07) is 25.4. The number of hydrogen-bond acceptors (Lipinski definition) is 4. The van der Waals surface area contributed by atoms with Crippen LogP contribution in [0.25, 0.3) is 5.70 Å². The number of nitrogens with one attached hydrogen (secondary N) is 2. The number of hydrogen-bond donors (Lipinski definition) is 3. The van der Waals surface area contributed by atoms with Crippen LogP contribution in [0, 0.1) is 0 Å². The first-order valence-corrected chi connectivity index (χ1v) is 17.8. The van der Waals surface area contributed by atoms with Crippen molar-refractivity contribution in [2.24, 2.45) is 5.73 Å². The van der Waals surface area contributed by atoms with Gasteiger partial charge < -0.3 is 16.4 Å². The molecule has 0 fully saturated rings. The zero-order valence-corrected chi connectivity index (χ0v) is 28.0. The van der Waals surface area contributed by atoms with E-state index in [0.717, 1.165) is 47.5 Å². The summed E-state index contributed by atoms with van der Waals surface area (Å²) in [6.45, 7) is 10.8. The summed E-state index contributed by atoms with van der Waals surface area (Å²) >= 11 is 0. The van der Waals surface area contributed by atoms with Gasteiger partial charge in [-0.3, -0.25) is 4.31 Å². The van der Waals surface area contributed by atoms with Crippen molar-refractivity contribution in [1.29, 1.82) is 0 Å². The molecule has 0 saturated carbocycles. The summed E-state index contributed by atoms with van der Waals surface area (Å²) in [4.78, 5) is 0. The molecule has 0 aromatic heterocycles. The van der Waals surface area contributed by atoms with Crippen LogP contribution in [0.4, 0.5) is 10.1 Å². The Morgan fingerprint density at radius 1 is 1.07 bits per heavy atom. The zero-order chi connectivity index (χ0) is 32.6. The highest BCUT2D eigenvalue weighted by molar-refractivity contribution is 8.01. The van der Waals surface area contributed by atoms with Crippen LogP contribution in [0.1, 0.15) is 62.3 Å². The predicted octanol–water partition coefficient (Wildman–Crippen LogP) is 7.26. The lowest BCUT2D eigenvalue weighted by molar-refractivity contribution is 0.221. The van der Waals surface area contributed by atoms with E-state index in [1.807, 2.05) is 71.0 Å². The predicted molar refractivity (Wildman–Crippen MR) is 192 cm³/mol. The quantitative estimate of drug-likeness (QED) is 0.155. The fraction of sp³-hybridized carbons (Fsp3) is 0.342. The minimum atomic E-state index is -2.59. The van der Waals surface area contributed by atoms with Crippen LogP contribution in [-0.2, 0) is 28.3 Å². The molecule has 1 aliphatic carbocycles. The van der Waals surface area contributed by atoms with Gasteiger partial charge in [-0.05, 0) is 85.9 Å². The minimum Gasteiger partial charge on any atom is -0.380 e. The maximum absolute atomic E-state index is 14.5. The van der Waals surface area contributed by atoms with Gasteiger partial charge in [0.1, 0.15) is 5.67 Å². The molecule has 45 heavy (non-hydrogen) atoms. The molecule has 3 atom stereocenters. The van der Waals surface area contributed by atoms with Gasteiger partial charge in [-0.1, -0.05) is 91.9 Å². The number of benzene rings is 3. The Hall–Kier alpha value is -3.65. The van der Waals surface area contributed by atoms with Crippen molar-refractivity contribution in [3.05, 3.63) is 131 Å². The Morgan fingerprint density at radius 2 is 1.78 bits per heavy atom. The monoisotopic (exact) mass is 628 g/mol. The molecule has 1 aliphatic rings. The van der Waals surface area contributed by atoms with E-state index in [4.69, 9.17) is 5.73 Å². The molecule has 0 bridgehead atoms. The molecule has 3 aromatic rings. The molecule has 4 N–H and O–H groups in total. The van der Waals surface area contributed by atoms with E-state index in [-0.39, 0.29) is 12.1 Å². The number of nitrogens with two attached hydrogens (primary N) is 1. The Labute approximate surface area is 270 Å². The largest absolute Gasteiger partial charge is 0.380 e. The Balaban J connectivity index is 1.52. The highest BCUT2D eigenvalue weighted by Crippen LogP contribution is 2.31. The Morgan fingerprint density at radius 3 is 2.47 bits per heavy atom. The summed E-state index contributed by atoms with van der Waals surface area (Å²) in [5.74, 6) is 4.04. The van der Waals surface area contributed by atoms with Gasteiger partial charge in [-0.25, -0.2) is 8.60 Å². The average Bonchev–Trinajstić information content (AvgIpc) is 3.00. The molecule has 3 aromatic carbocycles. The lowest BCUT2D eigenvalue weighted by Gasteiger charge is -2.31. The molecule has 4 rings (SSSR count). The van der Waals surface area contributed by atoms with Gasteiger partial charge in [0.05, 0.1) is 11.4 Å². The molecular formula is C38H49FN4OS. The van der Waals surface area contributed by atoms with Crippen LogP contribution in [0.2, 0.25) is 0 Å². The number of nitrogens with zero attached hydrogens (tertiary/aromatic N) is 1. The molecule has 0 radical (unpaired) electrons. The van der Waals surface area contributed by atoms with Crippen molar-refractivity contribution in [1.82, 2.24) is 10.6 Å². The first-order chi connectivity index (χ1) is 21.3. The maximum Gasteiger partial charge on any atom is 0.130 e. The number of allylic oxidation sites excluding steroid dienone is 3. The lowest BCUT2D eigenvalue weighted by Crippen LogP contribution is -2.50. The van der Waals surface area contributed by atoms with E-state index in [1.165, 1.54) is 11.1 Å². The van der Waals surface area contributed by atoms with Gasteiger partial charge in [-0.15, -0.1) is 0 Å². The van der Waals surface area contributed by atoms with Gasteiger partial charge in [0, 0.05) is 46.8 Å². The van der Waals surface area contributed by atoms with E-state index in [1.54, 1.807) is 20.1 Å². The van der Waals surface area contributed by atoms with Crippen molar-refractivity contribution < 1.29 is 8.60 Å². The van der Waals surface area contributed by atoms with Crippen molar-refractivity contribution in [2.75, 3.05) is 17.1 Å². The topological polar surface area (TPSA) is 70.4 Å². The minimum absolute atomic E-state index is 0.123. The zero-order valence-electron chi connectivity index (χ0n) is 27.2. The normalized spacial score (nSPS) is 16.1. The van der Waals surface area contributed by atoms with E-state index < -0.39 is 15.4 Å². The summed E-state index contributed by atoms with van der Waals surface area (Å²) < 4.78 is 29.8. The number of alkyl halides is 1. The van der Waals surface area contributed by atoms with Crippen LogP contribution >= 0.6 is 0 Å². The van der Waals surface area contributed by atoms with Gasteiger partial charge in [0.15, 0.2) is 0 Å². The van der Waals surface area contributed by atoms with Crippen molar-refractivity contribution in [3.8, 4) is 0 Å². The molecule has 5 nitrogen and oxygen atoms in total. The second-order valence-corrected chi connectivity index (χ2v) is 14.8. The summed E-state index contributed by atoms with van der Waals surface area (Å²) in [6.07, 6.45) is 9.58. The third kappa shape index (κ3) is 9.67. The number of halogens is 1. The molecule has 0 amide bonds. The number of rotatable bonds is 15. The Kier molecular flexibility index (Phi) is 11.5. The fourth-order valence-corrected chi connectivity index (χ4v) is 6.77. The standard InChI is InChI=1S/C38H49FN4OS/c1-7-29-16-12-20-34(23-29)43(45(5,6)44)35-21-13-18-32(25-35)28(2)42-37(24-30-14-9-8-10-15-30)36(40)27-41-26-31-17-11-19-33(22-31)38(3,4)39/h8-11,13-15,17-23,25,36-37,41-42H,2,5,7,12,16,24,26-27,40H2,1,3-4,6H3. The first kappa shape index (κ1) is 34.2. The van der Waals surface area contributed by atoms with Crippen LogP contribution in [0.15, 0.2) is 109 Å². The van der Waals surface area contributed by atoms with Gasteiger partial charge in [-0.2, -0.15) is 0 Å². The molecule has 7 heteroatoms. The smallest absolute Gasteiger partial charge is 0.130 e. The van der Waals surface area contributed by atoms with E-state index in [9.17, 15) is 8.60 Å². The molecule has 0 saturated heterocycles. The van der Waals surface area contributed by atoms with Crippen molar-refractivity contribution in [3.63, 3.8) is 0 Å². The molecule has 0 heterocycles. The molecule has 3 unspecified atom stereocenters. The van der Waals surface area contributed by atoms with Gasteiger partial charge >= 0.3 is 0 Å². The lowest BCUT2D eigenvalue weighted by atomic mass is 9.97. The molecule has 0 aliphatic heterocycles. The summed E-state index contributed by atoms with van der Waals surface area (Å²) in [5, 5.41) is 7.09. The van der Waals surface area contributed by atoms with E-state index >= 15 is 0 Å². The second kappa shape index (κ2) is 15.1. The average molecular weight is 629 g/mol. The summed E-state index contributed by atoms with van der Waals surface area (Å²) in [5.41, 5.74) is 13.0. The van der Waals surface area contributed by atoms with Crippen LogP contribution in [0.5, 0.6) is 0 Å². The van der Waals surface area contributed by atoms with Crippen LogP contribution in [0.3, 0.4) is 0 Å². The Bertz CT molecular complexity index is 1620. The van der Waals surface area contributed by atoms with Crippen LogP contribution in [-0.4, -0.2) is 35.0 Å². The first-order valence-electron chi connectivity index (χ1n) is 15.7. The summed E-state index contributed by atoms with van der Waals surface area (Å²) in [7, 11) is -2.59. The van der Waals surface area contributed by atoms with Crippen molar-refractivity contribution in [2.45, 2.75) is 70.8 Å². The van der Waals surface area contributed by atoms with Gasteiger partial charge in [0.25, 0.3) is 0 Å². The third-order valence-electron chi connectivity index (χ3n) is 8.17. The van der Waals surface area contributed by atoms with Crippen LogP contribution < -0.4 is 20.7 Å². The fourth-order valence-electron chi connectivity index (χ4n) is 5.64. The highest BCUT2D eigenvalue weighted by Gasteiger charge is 2.23. The van der Waals surface area contributed by atoms with Crippen molar-refractivity contribution >= 4 is 27.0 Å². The SMILES string of the molecule is C=C(NC(Cc1ccccc1)C(N)CNCc1cccc(C(C)(C)F)c1)c1cccc(N(C2=CCCC(CC)=C2)S(=C)(C)=O)c1. The molecule has 240 valence electrons. The third-order valence-corrected chi connectivity index (χ3v) is 9.37. The maximum atomic E-state index is 14.5. The number of anilines is 1. The van der Waals surface area contributed by atoms with Gasteiger partial charge in [0.2, 0.25) is 0 Å². The van der Waals surface area contributed by atoms with E-state index in [2.05, 4.69) is 54.3 Å². The molecular weight excluding hydrogens is 580 g/mol. The second-order valence-electron chi connectivity index (χ2n) is 12.5. The molecule has 0 spiro atoms.